The number of hydrogen-bond acceptors (Lipinski definition) is 6. The van der Waals surface area contributed by atoms with Crippen LogP contribution in [0.3, 0.4) is 0 Å². The number of hydrogen-bond donors (Lipinski definition) is 1. The first-order valence-electron chi connectivity index (χ1n) is 8.65. The lowest BCUT2D eigenvalue weighted by atomic mass is 10.0. The Balaban J connectivity index is 1.79. The number of sulfonamides is 1. The van der Waals surface area contributed by atoms with Crippen molar-refractivity contribution in [2.24, 2.45) is 5.92 Å². The smallest absolute Gasteiger partial charge is 0.266 e. The molecule has 0 saturated carbocycles. The average Bonchev–Trinajstić information content (AvgIpc) is 2.62. The molecule has 2 heterocycles. The first-order chi connectivity index (χ1) is 12.4. The maximum absolute atomic E-state index is 12.7. The molecule has 26 heavy (non-hydrogen) atoms. The van der Waals surface area contributed by atoms with Crippen molar-refractivity contribution in [3.63, 3.8) is 0 Å². The summed E-state index contributed by atoms with van der Waals surface area (Å²) in [5, 5.41) is 8.24. The molecule has 1 aliphatic rings. The molecule has 1 saturated heterocycles. The number of nitrogens with zero attached hydrogens (tertiary/aromatic N) is 3. The minimum Gasteiger partial charge on any atom is -0.495 e. The van der Waals surface area contributed by atoms with Gasteiger partial charge < -0.3 is 9.64 Å². The lowest BCUT2D eigenvalue weighted by Gasteiger charge is -2.31. The molecule has 1 N–H and O–H groups in total. The molecule has 140 valence electrons. The molecule has 7 nitrogen and oxygen atoms in total. The summed E-state index contributed by atoms with van der Waals surface area (Å²) in [4.78, 5) is 2.26. The highest BCUT2D eigenvalue weighted by molar-refractivity contribution is 7.92. The maximum atomic E-state index is 12.7. The van der Waals surface area contributed by atoms with Crippen molar-refractivity contribution in [3.8, 4) is 5.75 Å². The number of rotatable bonds is 5. The maximum Gasteiger partial charge on any atom is 0.266 e. The highest BCUT2D eigenvalue weighted by atomic mass is 32.2. The molecule has 1 atom stereocenters. The number of ether oxygens (including phenoxy) is 1. The molecular weight excluding hydrogens is 352 g/mol. The summed E-state index contributed by atoms with van der Waals surface area (Å²) < 4.78 is 33.0. The van der Waals surface area contributed by atoms with Crippen LogP contribution in [0.25, 0.3) is 0 Å². The van der Waals surface area contributed by atoms with Gasteiger partial charge in [-0.3, -0.25) is 4.72 Å². The highest BCUT2D eigenvalue weighted by Gasteiger charge is 2.22. The van der Waals surface area contributed by atoms with Crippen LogP contribution < -0.4 is 14.4 Å². The molecule has 1 fully saturated rings. The number of piperidine rings is 1. The van der Waals surface area contributed by atoms with Crippen molar-refractivity contribution in [1.82, 2.24) is 10.2 Å². The molecule has 0 aliphatic carbocycles. The first kappa shape index (κ1) is 18.4. The minimum atomic E-state index is -3.82. The largest absolute Gasteiger partial charge is 0.495 e. The summed E-state index contributed by atoms with van der Waals surface area (Å²) in [7, 11) is -2.37. The van der Waals surface area contributed by atoms with Crippen LogP contribution >= 0.6 is 0 Å². The molecule has 0 radical (unpaired) electrons. The molecule has 0 spiro atoms. The number of methoxy groups -OCH3 is 1. The lowest BCUT2D eigenvalue weighted by molar-refractivity contribution is 0.402. The Bertz CT molecular complexity index is 869. The minimum absolute atomic E-state index is 0.0794. The van der Waals surface area contributed by atoms with Gasteiger partial charge in [0.2, 0.25) is 0 Å². The van der Waals surface area contributed by atoms with Crippen LogP contribution in [0, 0.1) is 12.8 Å². The molecule has 0 amide bonds. The van der Waals surface area contributed by atoms with Crippen molar-refractivity contribution >= 4 is 21.7 Å². The van der Waals surface area contributed by atoms with E-state index in [9.17, 15) is 8.42 Å². The fraction of sp³-hybridized carbons (Fsp3) is 0.444. The zero-order chi connectivity index (χ0) is 18.7. The predicted octanol–water partition coefficient (Wildman–Crippen LogP) is 2.83. The van der Waals surface area contributed by atoms with Crippen LogP contribution in [0.15, 0.2) is 35.2 Å². The number of aryl methyl sites for hydroxylation is 1. The predicted molar refractivity (Wildman–Crippen MR) is 101 cm³/mol. The van der Waals surface area contributed by atoms with E-state index < -0.39 is 10.0 Å². The van der Waals surface area contributed by atoms with Gasteiger partial charge >= 0.3 is 0 Å². The number of anilines is 2. The van der Waals surface area contributed by atoms with Crippen LogP contribution in [0.2, 0.25) is 0 Å². The van der Waals surface area contributed by atoms with Gasteiger partial charge in [-0.25, -0.2) is 8.42 Å². The van der Waals surface area contributed by atoms with E-state index in [1.165, 1.54) is 13.5 Å². The number of benzene rings is 1. The fourth-order valence-electron chi connectivity index (χ4n) is 3.13. The van der Waals surface area contributed by atoms with Crippen LogP contribution in [0.5, 0.6) is 5.75 Å². The molecule has 1 aromatic carbocycles. The SMILES string of the molecule is COc1ccc(C)cc1S(=O)(=O)Nc1ccc(N2CCCC(C)C2)nn1. The average molecular weight is 376 g/mol. The quantitative estimate of drug-likeness (QED) is 0.864. The van der Waals surface area contributed by atoms with Gasteiger partial charge in [0, 0.05) is 13.1 Å². The third kappa shape index (κ3) is 4.07. The van der Waals surface area contributed by atoms with Crippen molar-refractivity contribution in [1.29, 1.82) is 0 Å². The fourth-order valence-corrected chi connectivity index (χ4v) is 4.38. The molecule has 1 aromatic heterocycles. The van der Waals surface area contributed by atoms with E-state index in [0.29, 0.717) is 5.92 Å². The number of aromatic nitrogens is 2. The molecule has 1 unspecified atom stereocenters. The summed E-state index contributed by atoms with van der Waals surface area (Å²) >= 11 is 0. The van der Waals surface area contributed by atoms with Crippen LogP contribution in [-0.2, 0) is 10.0 Å². The summed E-state index contributed by atoms with van der Waals surface area (Å²) in [6.45, 7) is 5.94. The van der Waals surface area contributed by atoms with Crippen LogP contribution in [-0.4, -0.2) is 38.8 Å². The van der Waals surface area contributed by atoms with Gasteiger partial charge in [0.05, 0.1) is 7.11 Å². The third-order valence-electron chi connectivity index (χ3n) is 4.48. The first-order valence-corrected chi connectivity index (χ1v) is 10.1. The van der Waals surface area contributed by atoms with E-state index in [2.05, 4.69) is 26.7 Å². The second-order valence-corrected chi connectivity index (χ2v) is 8.38. The summed E-state index contributed by atoms with van der Waals surface area (Å²) in [5.74, 6) is 1.86. The van der Waals surface area contributed by atoms with Gasteiger partial charge in [-0.2, -0.15) is 0 Å². The Morgan fingerprint density at radius 2 is 2.04 bits per heavy atom. The molecular formula is C18H24N4O3S. The zero-order valence-electron chi connectivity index (χ0n) is 15.3. The van der Waals surface area contributed by atoms with Gasteiger partial charge in [-0.05, 0) is 55.5 Å². The van der Waals surface area contributed by atoms with Crippen molar-refractivity contribution < 1.29 is 13.2 Å². The van der Waals surface area contributed by atoms with Crippen molar-refractivity contribution in [2.45, 2.75) is 31.6 Å². The van der Waals surface area contributed by atoms with E-state index in [-0.39, 0.29) is 16.5 Å². The molecule has 0 bridgehead atoms. The second kappa shape index (κ2) is 7.49. The van der Waals surface area contributed by atoms with Gasteiger partial charge in [-0.15, -0.1) is 10.2 Å². The van der Waals surface area contributed by atoms with Gasteiger partial charge in [0.25, 0.3) is 10.0 Å². The van der Waals surface area contributed by atoms with Crippen LogP contribution in [0.1, 0.15) is 25.3 Å². The van der Waals surface area contributed by atoms with E-state index >= 15 is 0 Å². The lowest BCUT2D eigenvalue weighted by Crippen LogP contribution is -2.34. The standard InChI is InChI=1S/C18H24N4O3S/c1-13-6-7-15(25-3)16(11-13)26(23,24)21-17-8-9-18(20-19-17)22-10-4-5-14(2)12-22/h6-9,11,14H,4-5,10,12H2,1-3H3,(H,19,21). The second-order valence-electron chi connectivity index (χ2n) is 6.73. The van der Waals surface area contributed by atoms with E-state index in [0.717, 1.165) is 30.9 Å². The molecule has 2 aromatic rings. The third-order valence-corrected chi connectivity index (χ3v) is 5.85. The van der Waals surface area contributed by atoms with E-state index in [1.807, 2.05) is 6.92 Å². The number of nitrogens with one attached hydrogen (secondary N) is 1. The highest BCUT2D eigenvalue weighted by Crippen LogP contribution is 2.27. The Labute approximate surface area is 154 Å². The Kier molecular flexibility index (Phi) is 5.31. The Morgan fingerprint density at radius 1 is 1.23 bits per heavy atom. The van der Waals surface area contributed by atoms with Crippen LogP contribution in [0.4, 0.5) is 11.6 Å². The Morgan fingerprint density at radius 3 is 2.69 bits per heavy atom. The van der Waals surface area contributed by atoms with Gasteiger partial charge in [-0.1, -0.05) is 13.0 Å². The zero-order valence-corrected chi connectivity index (χ0v) is 16.1. The van der Waals surface area contributed by atoms with E-state index in [1.54, 1.807) is 30.3 Å². The molecule has 8 heteroatoms. The summed E-state index contributed by atoms with van der Waals surface area (Å²) in [6, 6.07) is 8.44. The summed E-state index contributed by atoms with van der Waals surface area (Å²) in [5.41, 5.74) is 0.826. The van der Waals surface area contributed by atoms with Gasteiger partial charge in [0.15, 0.2) is 11.6 Å². The topological polar surface area (TPSA) is 84.4 Å². The Hall–Kier alpha value is -2.35. The van der Waals surface area contributed by atoms with Crippen molar-refractivity contribution in [3.05, 3.63) is 35.9 Å². The van der Waals surface area contributed by atoms with E-state index in [4.69, 9.17) is 4.74 Å². The summed E-state index contributed by atoms with van der Waals surface area (Å²) in [6.07, 6.45) is 2.35. The van der Waals surface area contributed by atoms with Crippen molar-refractivity contribution in [2.75, 3.05) is 29.8 Å². The molecule has 1 aliphatic heterocycles. The van der Waals surface area contributed by atoms with Gasteiger partial charge in [0.1, 0.15) is 10.6 Å². The monoisotopic (exact) mass is 376 g/mol. The molecule has 3 rings (SSSR count). The normalized spacial score (nSPS) is 17.8.